The molecule has 1 aromatic carbocycles. The van der Waals surface area contributed by atoms with Crippen LogP contribution in [0.2, 0.25) is 0 Å². The summed E-state index contributed by atoms with van der Waals surface area (Å²) in [6.45, 7) is 1.24. The van der Waals surface area contributed by atoms with E-state index >= 15 is 0 Å². The Hall–Kier alpha value is -2.57. The van der Waals surface area contributed by atoms with E-state index in [4.69, 9.17) is 9.84 Å². The second-order valence-corrected chi connectivity index (χ2v) is 5.46. The topological polar surface area (TPSA) is 95.9 Å². The van der Waals surface area contributed by atoms with Gasteiger partial charge in [-0.25, -0.2) is 4.79 Å². The molecule has 0 saturated heterocycles. The summed E-state index contributed by atoms with van der Waals surface area (Å²) in [5.41, 5.74) is 0.376. The Bertz CT molecular complexity index is 612. The van der Waals surface area contributed by atoms with Gasteiger partial charge in [-0.2, -0.15) is 0 Å². The lowest BCUT2D eigenvalue weighted by Gasteiger charge is -2.26. The highest BCUT2D eigenvalue weighted by Crippen LogP contribution is 2.28. The van der Waals surface area contributed by atoms with E-state index in [-0.39, 0.29) is 12.6 Å². The minimum Gasteiger partial charge on any atom is -0.497 e. The molecule has 0 bridgehead atoms. The van der Waals surface area contributed by atoms with Crippen molar-refractivity contribution in [2.24, 2.45) is 0 Å². The van der Waals surface area contributed by atoms with E-state index in [1.807, 2.05) is 0 Å². The van der Waals surface area contributed by atoms with Crippen LogP contribution in [0.4, 0.5) is 0 Å². The Balaban J connectivity index is 1.96. The molecule has 2 rings (SSSR count). The molecule has 1 aliphatic carbocycles. The van der Waals surface area contributed by atoms with Crippen LogP contribution in [0.5, 0.6) is 5.75 Å². The average Bonchev–Trinajstić information content (AvgIpc) is 3.37. The number of rotatable bonds is 7. The second-order valence-electron chi connectivity index (χ2n) is 5.46. The van der Waals surface area contributed by atoms with Gasteiger partial charge in [-0.1, -0.05) is 6.07 Å². The van der Waals surface area contributed by atoms with Gasteiger partial charge in [-0.15, -0.1) is 0 Å². The Morgan fingerprint density at radius 2 is 2.09 bits per heavy atom. The van der Waals surface area contributed by atoms with Crippen LogP contribution < -0.4 is 10.1 Å². The summed E-state index contributed by atoms with van der Waals surface area (Å²) in [7, 11) is 1.50. The Morgan fingerprint density at radius 3 is 2.65 bits per heavy atom. The lowest BCUT2D eigenvalue weighted by molar-refractivity contribution is -0.149. The number of hydrogen-bond acceptors (Lipinski definition) is 4. The summed E-state index contributed by atoms with van der Waals surface area (Å²) in [6, 6.07) is 5.63. The molecule has 7 nitrogen and oxygen atoms in total. The number of amides is 2. The molecule has 2 amide bonds. The van der Waals surface area contributed by atoms with Crippen molar-refractivity contribution < 1.29 is 24.2 Å². The smallest absolute Gasteiger partial charge is 0.326 e. The number of benzene rings is 1. The summed E-state index contributed by atoms with van der Waals surface area (Å²) in [5.74, 6) is -1.30. The molecule has 1 saturated carbocycles. The van der Waals surface area contributed by atoms with Gasteiger partial charge in [0.25, 0.3) is 5.91 Å². The van der Waals surface area contributed by atoms with Gasteiger partial charge in [-0.3, -0.25) is 9.59 Å². The van der Waals surface area contributed by atoms with Gasteiger partial charge >= 0.3 is 5.97 Å². The van der Waals surface area contributed by atoms with Crippen molar-refractivity contribution >= 4 is 17.8 Å². The quantitative estimate of drug-likeness (QED) is 0.778. The molecule has 1 fully saturated rings. The van der Waals surface area contributed by atoms with Crippen LogP contribution in [0, 0.1) is 0 Å². The first-order valence-electron chi connectivity index (χ1n) is 7.40. The van der Waals surface area contributed by atoms with Crippen LogP contribution in [0.25, 0.3) is 0 Å². The van der Waals surface area contributed by atoms with Crippen molar-refractivity contribution in [3.63, 3.8) is 0 Å². The summed E-state index contributed by atoms with van der Waals surface area (Å²) in [6.07, 6.45) is 1.60. The predicted octanol–water partition coefficient (Wildman–Crippen LogP) is 0.889. The monoisotopic (exact) mass is 320 g/mol. The van der Waals surface area contributed by atoms with Gasteiger partial charge in [0.1, 0.15) is 11.8 Å². The fourth-order valence-corrected chi connectivity index (χ4v) is 2.32. The second kappa shape index (κ2) is 7.13. The first-order valence-corrected chi connectivity index (χ1v) is 7.40. The maximum Gasteiger partial charge on any atom is 0.326 e. The number of carbonyl (C=O) groups excluding carboxylic acids is 2. The molecular weight excluding hydrogens is 300 g/mol. The Labute approximate surface area is 134 Å². The number of carboxylic acids is 1. The third kappa shape index (κ3) is 4.21. The van der Waals surface area contributed by atoms with Crippen molar-refractivity contribution in [2.75, 3.05) is 13.7 Å². The molecule has 2 N–H and O–H groups in total. The van der Waals surface area contributed by atoms with E-state index < -0.39 is 23.8 Å². The lowest BCUT2D eigenvalue weighted by atomic mass is 10.2. The molecular formula is C16H20N2O5. The summed E-state index contributed by atoms with van der Waals surface area (Å²) < 4.78 is 5.05. The molecule has 0 spiro atoms. The van der Waals surface area contributed by atoms with Crippen LogP contribution in [0.15, 0.2) is 24.3 Å². The van der Waals surface area contributed by atoms with E-state index in [2.05, 4.69) is 5.32 Å². The molecule has 1 aromatic rings. The molecule has 124 valence electrons. The first kappa shape index (κ1) is 16.8. The lowest BCUT2D eigenvalue weighted by Crippen LogP contribution is -2.48. The molecule has 1 unspecified atom stereocenters. The fourth-order valence-electron chi connectivity index (χ4n) is 2.32. The van der Waals surface area contributed by atoms with Crippen LogP contribution >= 0.6 is 0 Å². The van der Waals surface area contributed by atoms with Crippen LogP contribution in [0.1, 0.15) is 30.1 Å². The van der Waals surface area contributed by atoms with Crippen molar-refractivity contribution in [3.05, 3.63) is 29.8 Å². The van der Waals surface area contributed by atoms with Gasteiger partial charge in [0.05, 0.1) is 13.7 Å². The average molecular weight is 320 g/mol. The molecule has 1 atom stereocenters. The van der Waals surface area contributed by atoms with Crippen LogP contribution in [-0.2, 0) is 9.59 Å². The molecule has 7 heteroatoms. The minimum atomic E-state index is -1.05. The number of carbonyl (C=O) groups is 3. The molecule has 0 aliphatic heterocycles. The number of nitrogens with one attached hydrogen (secondary N) is 1. The number of methoxy groups -OCH3 is 1. The number of nitrogens with zero attached hydrogens (tertiary/aromatic N) is 1. The van der Waals surface area contributed by atoms with Gasteiger partial charge in [-0.05, 0) is 38.0 Å². The van der Waals surface area contributed by atoms with E-state index in [1.54, 1.807) is 24.3 Å². The number of ether oxygens (including phenoxy) is 1. The number of aliphatic carboxylic acids is 1. The maximum absolute atomic E-state index is 12.3. The summed E-state index contributed by atoms with van der Waals surface area (Å²) in [4.78, 5) is 36.8. The van der Waals surface area contributed by atoms with Crippen LogP contribution in [0.3, 0.4) is 0 Å². The predicted molar refractivity (Wildman–Crippen MR) is 82.3 cm³/mol. The van der Waals surface area contributed by atoms with E-state index in [0.717, 1.165) is 12.8 Å². The number of hydrogen-bond donors (Lipinski definition) is 2. The molecule has 1 aliphatic rings. The highest BCUT2D eigenvalue weighted by molar-refractivity contribution is 5.97. The van der Waals surface area contributed by atoms with E-state index in [0.29, 0.717) is 11.3 Å². The Kier molecular flexibility index (Phi) is 5.20. The third-order valence-corrected chi connectivity index (χ3v) is 3.73. The minimum absolute atomic E-state index is 0.0395. The maximum atomic E-state index is 12.3. The molecule has 0 radical (unpaired) electrons. The highest BCUT2D eigenvalue weighted by atomic mass is 16.5. The zero-order valence-corrected chi connectivity index (χ0v) is 13.1. The number of carboxylic acid groups (broad SMARTS) is 1. The standard InChI is InChI=1S/C16H20N2O5/c1-10(16(21)22)18(12-6-7-12)14(19)9-17-15(20)11-4-3-5-13(8-11)23-2/h3-5,8,10,12H,6-7,9H2,1-2H3,(H,17,20)(H,21,22). The van der Waals surface area contributed by atoms with E-state index in [1.165, 1.54) is 18.9 Å². The van der Waals surface area contributed by atoms with Crippen molar-refractivity contribution in [3.8, 4) is 5.75 Å². The third-order valence-electron chi connectivity index (χ3n) is 3.73. The van der Waals surface area contributed by atoms with Crippen molar-refractivity contribution in [2.45, 2.75) is 31.8 Å². The fraction of sp³-hybridized carbons (Fsp3) is 0.438. The van der Waals surface area contributed by atoms with E-state index in [9.17, 15) is 14.4 Å². The van der Waals surface area contributed by atoms with Crippen molar-refractivity contribution in [1.29, 1.82) is 0 Å². The molecule has 0 heterocycles. The summed E-state index contributed by atoms with van der Waals surface area (Å²) in [5, 5.41) is 11.6. The SMILES string of the molecule is COc1cccc(C(=O)NCC(=O)N(C2CC2)C(C)C(=O)O)c1. The van der Waals surface area contributed by atoms with Crippen molar-refractivity contribution in [1.82, 2.24) is 10.2 Å². The van der Waals surface area contributed by atoms with Gasteiger partial charge < -0.3 is 20.1 Å². The largest absolute Gasteiger partial charge is 0.497 e. The van der Waals surface area contributed by atoms with Gasteiger partial charge in [0.2, 0.25) is 5.91 Å². The van der Waals surface area contributed by atoms with Gasteiger partial charge in [0, 0.05) is 11.6 Å². The summed E-state index contributed by atoms with van der Waals surface area (Å²) >= 11 is 0. The first-order chi connectivity index (χ1) is 10.9. The van der Waals surface area contributed by atoms with Crippen LogP contribution in [-0.4, -0.2) is 53.5 Å². The zero-order valence-electron chi connectivity index (χ0n) is 13.1. The molecule has 23 heavy (non-hydrogen) atoms. The van der Waals surface area contributed by atoms with Gasteiger partial charge in [0.15, 0.2) is 0 Å². The zero-order chi connectivity index (χ0) is 17.0. The molecule has 0 aromatic heterocycles. The highest BCUT2D eigenvalue weighted by Gasteiger charge is 2.38. The normalized spacial score (nSPS) is 14.7. The Morgan fingerprint density at radius 1 is 1.39 bits per heavy atom.